The second-order valence-electron chi connectivity index (χ2n) is 5.47. The van der Waals surface area contributed by atoms with Crippen LogP contribution in [0.2, 0.25) is 0 Å². The van der Waals surface area contributed by atoms with Gasteiger partial charge in [-0.1, -0.05) is 31.8 Å². The highest BCUT2D eigenvalue weighted by Gasteiger charge is 2.22. The highest BCUT2D eigenvalue weighted by Crippen LogP contribution is 2.31. The third-order valence-corrected chi connectivity index (χ3v) is 3.96. The van der Waals surface area contributed by atoms with Crippen molar-refractivity contribution in [2.75, 3.05) is 0 Å². The molecule has 0 unspecified atom stereocenters. The maximum Gasteiger partial charge on any atom is 0.140 e. The summed E-state index contributed by atoms with van der Waals surface area (Å²) in [5.41, 5.74) is 7.08. The monoisotopic (exact) mass is 220 g/mol. The van der Waals surface area contributed by atoms with E-state index in [0.717, 1.165) is 0 Å². The molecule has 0 aliphatic rings. The van der Waals surface area contributed by atoms with Gasteiger partial charge >= 0.3 is 0 Å². The molecule has 0 fully saturated rings. The van der Waals surface area contributed by atoms with E-state index < -0.39 is 0 Å². The van der Waals surface area contributed by atoms with Gasteiger partial charge in [0, 0.05) is 4.90 Å². The van der Waals surface area contributed by atoms with Crippen LogP contribution in [0.3, 0.4) is 0 Å². The van der Waals surface area contributed by atoms with E-state index in [1.165, 1.54) is 32.6 Å². The summed E-state index contributed by atoms with van der Waals surface area (Å²) < 4.78 is 0. The largest absolute Gasteiger partial charge is 0.143 e. The third-order valence-electron chi connectivity index (χ3n) is 3.40. The van der Waals surface area contributed by atoms with E-state index in [-0.39, 0.29) is 5.41 Å². The van der Waals surface area contributed by atoms with Crippen LogP contribution in [0.1, 0.15) is 43.0 Å². The van der Waals surface area contributed by atoms with Crippen LogP contribution in [-0.4, -0.2) is 7.85 Å². The van der Waals surface area contributed by atoms with Crippen LogP contribution in [0.25, 0.3) is 0 Å². The van der Waals surface area contributed by atoms with E-state index in [1.54, 1.807) is 0 Å². The van der Waals surface area contributed by atoms with Gasteiger partial charge in [-0.15, -0.1) is 12.6 Å². The van der Waals surface area contributed by atoms with Crippen molar-refractivity contribution in [3.05, 3.63) is 22.3 Å². The Labute approximate surface area is 100 Å². The van der Waals surface area contributed by atoms with Gasteiger partial charge in [-0.3, -0.25) is 0 Å². The van der Waals surface area contributed by atoms with Gasteiger partial charge in [-0.25, -0.2) is 0 Å². The van der Waals surface area contributed by atoms with E-state index in [0.29, 0.717) is 0 Å². The lowest BCUT2D eigenvalue weighted by Crippen LogP contribution is -2.27. The fourth-order valence-corrected chi connectivity index (χ4v) is 2.88. The molecule has 0 spiro atoms. The lowest BCUT2D eigenvalue weighted by atomic mass is 9.73. The van der Waals surface area contributed by atoms with Gasteiger partial charge in [0.25, 0.3) is 0 Å². The van der Waals surface area contributed by atoms with Gasteiger partial charge in [-0.05, 0) is 42.9 Å². The molecule has 0 heterocycles. The quantitative estimate of drug-likeness (QED) is 0.504. The summed E-state index contributed by atoms with van der Waals surface area (Å²) in [4.78, 5) is 1.17. The first-order valence-electron chi connectivity index (χ1n) is 5.47. The SMILES string of the molecule is Bc1c(C)c(C)c(C)c(S)c1C(C)(C)C. The Balaban J connectivity index is 3.68. The van der Waals surface area contributed by atoms with Crippen molar-refractivity contribution < 1.29 is 0 Å². The zero-order valence-electron chi connectivity index (χ0n) is 10.9. The molecular formula is C13H21BS. The van der Waals surface area contributed by atoms with Crippen LogP contribution < -0.4 is 5.46 Å². The van der Waals surface area contributed by atoms with Crippen molar-refractivity contribution in [2.45, 2.75) is 51.9 Å². The van der Waals surface area contributed by atoms with Crippen LogP contribution in [0.5, 0.6) is 0 Å². The zero-order valence-corrected chi connectivity index (χ0v) is 11.8. The Bertz CT molecular complexity index is 371. The van der Waals surface area contributed by atoms with Crippen LogP contribution in [0.4, 0.5) is 0 Å². The van der Waals surface area contributed by atoms with Gasteiger partial charge in [0.1, 0.15) is 7.85 Å². The predicted octanol–water partition coefficient (Wildman–Crippen LogP) is 2.46. The molecule has 0 aliphatic heterocycles. The van der Waals surface area contributed by atoms with Crippen LogP contribution in [0, 0.1) is 20.8 Å². The molecule has 0 N–H and O–H groups in total. The number of rotatable bonds is 0. The second-order valence-corrected chi connectivity index (χ2v) is 5.92. The minimum Gasteiger partial charge on any atom is -0.143 e. The molecule has 1 aromatic carbocycles. The summed E-state index contributed by atoms with van der Waals surface area (Å²) >= 11 is 4.69. The summed E-state index contributed by atoms with van der Waals surface area (Å²) in [6.45, 7) is 13.3. The van der Waals surface area contributed by atoms with Crippen LogP contribution in [-0.2, 0) is 5.41 Å². The molecule has 0 radical (unpaired) electrons. The molecule has 0 aliphatic carbocycles. The minimum atomic E-state index is 0.171. The Kier molecular flexibility index (Phi) is 3.30. The molecule has 0 saturated carbocycles. The highest BCUT2D eigenvalue weighted by molar-refractivity contribution is 7.80. The van der Waals surface area contributed by atoms with E-state index in [1.807, 2.05) is 0 Å². The summed E-state index contributed by atoms with van der Waals surface area (Å²) in [7, 11) is 2.21. The molecule has 0 aromatic heterocycles. The van der Waals surface area contributed by atoms with Crippen molar-refractivity contribution in [3.63, 3.8) is 0 Å². The van der Waals surface area contributed by atoms with Crippen molar-refractivity contribution in [2.24, 2.45) is 0 Å². The maximum absolute atomic E-state index is 4.69. The van der Waals surface area contributed by atoms with Crippen molar-refractivity contribution >= 4 is 25.9 Å². The molecule has 0 saturated heterocycles. The van der Waals surface area contributed by atoms with E-state index in [2.05, 4.69) is 49.4 Å². The number of thiol groups is 1. The molecule has 1 aromatic rings. The Morgan fingerprint density at radius 1 is 0.933 bits per heavy atom. The van der Waals surface area contributed by atoms with E-state index >= 15 is 0 Å². The third kappa shape index (κ3) is 2.10. The average Bonchev–Trinajstić information content (AvgIpc) is 2.09. The van der Waals surface area contributed by atoms with Crippen molar-refractivity contribution in [1.29, 1.82) is 0 Å². The lowest BCUT2D eigenvalue weighted by Gasteiger charge is -2.28. The Morgan fingerprint density at radius 2 is 1.40 bits per heavy atom. The Hall–Kier alpha value is -0.365. The number of benzene rings is 1. The van der Waals surface area contributed by atoms with Crippen molar-refractivity contribution in [3.8, 4) is 0 Å². The standard InChI is InChI=1S/C13H21BS/c1-7-8(2)11(14)10(13(4,5)6)12(15)9(7)3/h15H,14H2,1-6H3. The summed E-state index contributed by atoms with van der Waals surface area (Å²) in [6, 6.07) is 0. The second kappa shape index (κ2) is 3.90. The molecule has 0 bridgehead atoms. The summed E-state index contributed by atoms with van der Waals surface area (Å²) in [5, 5.41) is 0. The van der Waals surface area contributed by atoms with Gasteiger partial charge < -0.3 is 0 Å². The van der Waals surface area contributed by atoms with Gasteiger partial charge in [0.2, 0.25) is 0 Å². The molecule has 0 nitrogen and oxygen atoms in total. The fourth-order valence-electron chi connectivity index (χ4n) is 2.21. The first kappa shape index (κ1) is 12.7. The topological polar surface area (TPSA) is 0 Å². The number of hydrogen-bond donors (Lipinski definition) is 1. The molecule has 0 atom stereocenters. The number of hydrogen-bond acceptors (Lipinski definition) is 1. The Morgan fingerprint density at radius 3 is 1.80 bits per heavy atom. The molecule has 2 heteroatoms. The molecule has 1 rings (SSSR count). The molecule has 82 valence electrons. The zero-order chi connectivity index (χ0) is 12.0. The first-order chi connectivity index (χ1) is 6.68. The van der Waals surface area contributed by atoms with E-state index in [4.69, 9.17) is 12.6 Å². The average molecular weight is 220 g/mol. The highest BCUT2D eigenvalue weighted by atomic mass is 32.1. The van der Waals surface area contributed by atoms with Gasteiger partial charge in [0.05, 0.1) is 0 Å². The van der Waals surface area contributed by atoms with E-state index in [9.17, 15) is 0 Å². The summed E-state index contributed by atoms with van der Waals surface area (Å²) in [6.07, 6.45) is 0. The first-order valence-corrected chi connectivity index (χ1v) is 5.92. The smallest absolute Gasteiger partial charge is 0.140 e. The summed E-state index contributed by atoms with van der Waals surface area (Å²) in [5.74, 6) is 0. The lowest BCUT2D eigenvalue weighted by molar-refractivity contribution is 0.580. The van der Waals surface area contributed by atoms with Crippen LogP contribution >= 0.6 is 12.6 Å². The normalized spacial score (nSPS) is 11.9. The molecule has 15 heavy (non-hydrogen) atoms. The van der Waals surface area contributed by atoms with Crippen molar-refractivity contribution in [1.82, 2.24) is 0 Å². The molecular weight excluding hydrogens is 199 g/mol. The molecule has 0 amide bonds. The minimum absolute atomic E-state index is 0.171. The maximum atomic E-state index is 4.69. The van der Waals surface area contributed by atoms with Gasteiger partial charge in [-0.2, -0.15) is 0 Å². The van der Waals surface area contributed by atoms with Gasteiger partial charge in [0.15, 0.2) is 0 Å². The fraction of sp³-hybridized carbons (Fsp3) is 0.538. The van der Waals surface area contributed by atoms with Crippen LogP contribution in [0.15, 0.2) is 4.90 Å². The predicted molar refractivity (Wildman–Crippen MR) is 74.8 cm³/mol.